The van der Waals surface area contributed by atoms with Gasteiger partial charge < -0.3 is 16.2 Å². The van der Waals surface area contributed by atoms with Crippen molar-refractivity contribution in [2.24, 2.45) is 5.73 Å². The molecule has 0 saturated carbocycles. The minimum absolute atomic E-state index is 0.233. The first-order chi connectivity index (χ1) is 4.70. The van der Waals surface area contributed by atoms with Gasteiger partial charge in [0.1, 0.15) is 0 Å². The van der Waals surface area contributed by atoms with Gasteiger partial charge in [-0.1, -0.05) is 0 Å². The zero-order valence-electron chi connectivity index (χ0n) is 5.71. The molecule has 4 heteroatoms. The van der Waals surface area contributed by atoms with Gasteiger partial charge in [0.15, 0.2) is 0 Å². The number of rotatable bonds is 1. The van der Waals surface area contributed by atoms with E-state index in [0.717, 1.165) is 0 Å². The molecule has 58 valence electrons. The molecule has 2 atom stereocenters. The topological polar surface area (TPSA) is 75.4 Å². The molecule has 0 aromatic rings. The molecule has 0 bridgehead atoms. The normalized spacial score (nSPS) is 33.7. The van der Waals surface area contributed by atoms with E-state index in [-0.39, 0.29) is 18.1 Å². The molecule has 0 spiro atoms. The molecule has 1 aliphatic rings. The molecule has 1 fully saturated rings. The van der Waals surface area contributed by atoms with E-state index in [4.69, 9.17) is 10.8 Å². The Kier molecular flexibility index (Phi) is 2.24. The lowest BCUT2D eigenvalue weighted by molar-refractivity contribution is -0.120. The zero-order valence-corrected chi connectivity index (χ0v) is 5.71. The number of aliphatic hydroxyl groups excluding tert-OH is 1. The van der Waals surface area contributed by atoms with Gasteiger partial charge in [-0.15, -0.1) is 0 Å². The number of amides is 1. The van der Waals surface area contributed by atoms with E-state index in [1.165, 1.54) is 0 Å². The molecule has 1 heterocycles. The van der Waals surface area contributed by atoms with Gasteiger partial charge in [-0.2, -0.15) is 0 Å². The highest BCUT2D eigenvalue weighted by Gasteiger charge is 2.21. The largest absolute Gasteiger partial charge is 0.392 e. The number of hydrogen-bond acceptors (Lipinski definition) is 3. The number of piperidine rings is 1. The summed E-state index contributed by atoms with van der Waals surface area (Å²) in [4.78, 5) is 10.5. The fourth-order valence-corrected chi connectivity index (χ4v) is 1.08. The standard InChI is InChI=1S/C6H12N2O2/c7-6(10)5-2-1-4(9)3-8-5/h4-5,8-9H,1-3H2,(H2,7,10)/t4-,5+/m0/s1. The lowest BCUT2D eigenvalue weighted by Crippen LogP contribution is -2.48. The van der Waals surface area contributed by atoms with E-state index in [1.54, 1.807) is 0 Å². The van der Waals surface area contributed by atoms with Crippen LogP contribution in [-0.4, -0.2) is 29.7 Å². The molecule has 4 nitrogen and oxygen atoms in total. The molecule has 1 saturated heterocycles. The molecule has 0 aliphatic carbocycles. The number of hydrogen-bond donors (Lipinski definition) is 3. The highest BCUT2D eigenvalue weighted by Crippen LogP contribution is 2.06. The third-order valence-corrected chi connectivity index (χ3v) is 1.73. The van der Waals surface area contributed by atoms with Gasteiger partial charge in [-0.3, -0.25) is 4.79 Å². The van der Waals surface area contributed by atoms with Crippen LogP contribution < -0.4 is 11.1 Å². The van der Waals surface area contributed by atoms with Crippen LogP contribution in [0.2, 0.25) is 0 Å². The molecule has 1 rings (SSSR count). The van der Waals surface area contributed by atoms with Gasteiger partial charge >= 0.3 is 0 Å². The second-order valence-corrected chi connectivity index (χ2v) is 2.59. The highest BCUT2D eigenvalue weighted by molar-refractivity contribution is 5.79. The van der Waals surface area contributed by atoms with Crippen LogP contribution in [0.4, 0.5) is 0 Å². The zero-order chi connectivity index (χ0) is 7.56. The van der Waals surface area contributed by atoms with Crippen LogP contribution in [0, 0.1) is 0 Å². The van der Waals surface area contributed by atoms with Crippen molar-refractivity contribution in [1.29, 1.82) is 0 Å². The summed E-state index contributed by atoms with van der Waals surface area (Å²) in [6.45, 7) is 0.480. The molecule has 1 aliphatic heterocycles. The maximum Gasteiger partial charge on any atom is 0.234 e. The van der Waals surface area contributed by atoms with Crippen molar-refractivity contribution in [1.82, 2.24) is 5.32 Å². The van der Waals surface area contributed by atoms with Gasteiger partial charge in [-0.25, -0.2) is 0 Å². The van der Waals surface area contributed by atoms with Crippen LogP contribution in [0.15, 0.2) is 0 Å². The van der Waals surface area contributed by atoms with Crippen LogP contribution in [-0.2, 0) is 4.79 Å². The Morgan fingerprint density at radius 1 is 1.60 bits per heavy atom. The average Bonchev–Trinajstić information content (AvgIpc) is 1.88. The van der Waals surface area contributed by atoms with Crippen LogP contribution in [0.1, 0.15) is 12.8 Å². The van der Waals surface area contributed by atoms with Crippen LogP contribution >= 0.6 is 0 Å². The molecular formula is C6H12N2O2. The number of aliphatic hydroxyl groups is 1. The summed E-state index contributed by atoms with van der Waals surface area (Å²) in [6.07, 6.45) is 1.01. The molecule has 0 aromatic heterocycles. The van der Waals surface area contributed by atoms with E-state index >= 15 is 0 Å². The summed E-state index contributed by atoms with van der Waals surface area (Å²) < 4.78 is 0. The summed E-state index contributed by atoms with van der Waals surface area (Å²) in [5.74, 6) is -0.327. The third kappa shape index (κ3) is 1.68. The predicted octanol–water partition coefficient (Wildman–Crippen LogP) is -1.42. The maximum atomic E-state index is 10.5. The summed E-state index contributed by atoms with van der Waals surface area (Å²) in [7, 11) is 0. The third-order valence-electron chi connectivity index (χ3n) is 1.73. The van der Waals surface area contributed by atoms with E-state index in [0.29, 0.717) is 19.4 Å². The second-order valence-electron chi connectivity index (χ2n) is 2.59. The molecule has 0 aromatic carbocycles. The SMILES string of the molecule is NC(=O)[C@H]1CC[C@H](O)CN1. The Morgan fingerprint density at radius 3 is 2.70 bits per heavy atom. The minimum Gasteiger partial charge on any atom is -0.392 e. The summed E-state index contributed by atoms with van der Waals surface area (Å²) in [5, 5.41) is 11.8. The second kappa shape index (κ2) is 2.98. The van der Waals surface area contributed by atoms with E-state index in [2.05, 4.69) is 5.32 Å². The fourth-order valence-electron chi connectivity index (χ4n) is 1.08. The molecule has 0 unspecified atom stereocenters. The Morgan fingerprint density at radius 2 is 2.30 bits per heavy atom. The smallest absolute Gasteiger partial charge is 0.234 e. The molecule has 10 heavy (non-hydrogen) atoms. The van der Waals surface area contributed by atoms with Gasteiger partial charge in [-0.05, 0) is 12.8 Å². The molecule has 4 N–H and O–H groups in total. The van der Waals surface area contributed by atoms with Crippen molar-refractivity contribution in [2.45, 2.75) is 25.0 Å². The Hall–Kier alpha value is -0.610. The van der Waals surface area contributed by atoms with E-state index in [9.17, 15) is 4.79 Å². The Bertz CT molecular complexity index is 130. The number of carbonyl (C=O) groups excluding carboxylic acids is 1. The van der Waals surface area contributed by atoms with Crippen LogP contribution in [0.3, 0.4) is 0 Å². The number of nitrogens with two attached hydrogens (primary N) is 1. The van der Waals surface area contributed by atoms with Gasteiger partial charge in [0.25, 0.3) is 0 Å². The number of nitrogens with one attached hydrogen (secondary N) is 1. The average molecular weight is 144 g/mol. The van der Waals surface area contributed by atoms with Crippen molar-refractivity contribution >= 4 is 5.91 Å². The quantitative estimate of drug-likeness (QED) is 0.423. The molecule has 0 radical (unpaired) electrons. The van der Waals surface area contributed by atoms with Crippen molar-refractivity contribution in [3.05, 3.63) is 0 Å². The highest BCUT2D eigenvalue weighted by atomic mass is 16.3. The predicted molar refractivity (Wildman–Crippen MR) is 36.2 cm³/mol. The lowest BCUT2D eigenvalue weighted by atomic mass is 10.0. The van der Waals surface area contributed by atoms with Crippen molar-refractivity contribution in [3.8, 4) is 0 Å². The Balaban J connectivity index is 2.33. The lowest BCUT2D eigenvalue weighted by Gasteiger charge is -2.24. The first-order valence-corrected chi connectivity index (χ1v) is 3.41. The van der Waals surface area contributed by atoms with Crippen molar-refractivity contribution in [3.63, 3.8) is 0 Å². The van der Waals surface area contributed by atoms with Crippen molar-refractivity contribution < 1.29 is 9.90 Å². The number of carbonyl (C=O) groups is 1. The van der Waals surface area contributed by atoms with Gasteiger partial charge in [0.2, 0.25) is 5.91 Å². The number of primary amides is 1. The summed E-state index contributed by atoms with van der Waals surface area (Å²) in [6, 6.07) is -0.233. The monoisotopic (exact) mass is 144 g/mol. The maximum absolute atomic E-state index is 10.5. The fraction of sp³-hybridized carbons (Fsp3) is 0.833. The van der Waals surface area contributed by atoms with E-state index in [1.807, 2.05) is 0 Å². The first kappa shape index (κ1) is 7.50. The van der Waals surface area contributed by atoms with Gasteiger partial charge in [0.05, 0.1) is 12.1 Å². The van der Waals surface area contributed by atoms with E-state index < -0.39 is 0 Å². The minimum atomic E-state index is -0.327. The first-order valence-electron chi connectivity index (χ1n) is 3.41. The molecule has 1 amide bonds. The Labute approximate surface area is 59.4 Å². The molecular weight excluding hydrogens is 132 g/mol. The van der Waals surface area contributed by atoms with Crippen molar-refractivity contribution in [2.75, 3.05) is 6.54 Å². The number of β-amino-alcohol motifs (C(OH)–C–C–N with tert-alkyl or cyclic N) is 1. The van der Waals surface area contributed by atoms with Crippen LogP contribution in [0.25, 0.3) is 0 Å². The summed E-state index contributed by atoms with van der Waals surface area (Å²) >= 11 is 0. The van der Waals surface area contributed by atoms with Crippen LogP contribution in [0.5, 0.6) is 0 Å². The van der Waals surface area contributed by atoms with Gasteiger partial charge in [0, 0.05) is 6.54 Å². The summed E-state index contributed by atoms with van der Waals surface area (Å²) in [5.41, 5.74) is 5.03.